The molecule has 0 bridgehead atoms. The predicted molar refractivity (Wildman–Crippen MR) is 60.3 cm³/mol. The Morgan fingerprint density at radius 2 is 1.50 bits per heavy atom. The van der Waals surface area contributed by atoms with Gasteiger partial charge >= 0.3 is 11.9 Å². The molecule has 0 atom stereocenters. The maximum Gasteiger partial charge on any atom is 0.336 e. The topological polar surface area (TPSA) is 129 Å². The molecule has 1 rings (SSSR count). The van der Waals surface area contributed by atoms with Crippen molar-refractivity contribution < 1.29 is 32.8 Å². The Labute approximate surface area is 102 Å². The number of carboxylic acid groups (broad SMARTS) is 2. The summed E-state index contributed by atoms with van der Waals surface area (Å²) in [6.45, 7) is 3.27. The van der Waals surface area contributed by atoms with Crippen molar-refractivity contribution in [1.82, 2.24) is 0 Å². The van der Waals surface area contributed by atoms with Crippen LogP contribution >= 0.6 is 0 Å². The van der Waals surface area contributed by atoms with Crippen LogP contribution in [0.5, 0.6) is 0 Å². The van der Waals surface area contributed by atoms with Crippen LogP contribution in [0.15, 0.2) is 23.6 Å². The van der Waals surface area contributed by atoms with Crippen LogP contribution in [0.2, 0.25) is 0 Å². The molecule has 3 N–H and O–H groups in total. The highest BCUT2D eigenvalue weighted by Gasteiger charge is 2.22. The molecule has 0 spiro atoms. The van der Waals surface area contributed by atoms with Crippen LogP contribution in [-0.4, -0.2) is 35.1 Å². The fourth-order valence-corrected chi connectivity index (χ4v) is 1.88. The number of carbonyl (C=O) groups is 2. The van der Waals surface area contributed by atoms with Crippen molar-refractivity contribution in [2.24, 2.45) is 0 Å². The predicted octanol–water partition coefficient (Wildman–Crippen LogP) is 0.973. The summed E-state index contributed by atoms with van der Waals surface area (Å²) < 4.78 is 30.7. The number of carboxylic acids is 2. The molecular weight excluding hydrogens is 264 g/mol. The number of hydrogen-bond acceptors (Lipinski definition) is 4. The Morgan fingerprint density at radius 1 is 1.11 bits per heavy atom. The third-order valence-corrected chi connectivity index (χ3v) is 2.95. The van der Waals surface area contributed by atoms with Gasteiger partial charge in [-0.15, -0.1) is 0 Å². The highest BCUT2D eigenvalue weighted by atomic mass is 32.2. The zero-order valence-corrected chi connectivity index (χ0v) is 9.64. The van der Waals surface area contributed by atoms with Crippen molar-refractivity contribution in [2.45, 2.75) is 4.90 Å². The van der Waals surface area contributed by atoms with Crippen LogP contribution in [0.1, 0.15) is 26.3 Å². The van der Waals surface area contributed by atoms with Gasteiger partial charge in [0.2, 0.25) is 0 Å². The third-order valence-electron chi connectivity index (χ3n) is 2.12. The van der Waals surface area contributed by atoms with Gasteiger partial charge in [-0.05, 0) is 12.1 Å². The van der Waals surface area contributed by atoms with Gasteiger partial charge in [-0.25, -0.2) is 9.59 Å². The molecule has 0 amide bonds. The van der Waals surface area contributed by atoms with Crippen molar-refractivity contribution in [3.05, 3.63) is 35.4 Å². The molecule has 0 fully saturated rings. The summed E-state index contributed by atoms with van der Waals surface area (Å²) in [4.78, 5) is 21.0. The normalized spacial score (nSPS) is 10.9. The Hall–Kier alpha value is -2.19. The summed E-state index contributed by atoms with van der Waals surface area (Å²) in [5.41, 5.74) is -1.38. The average molecular weight is 272 g/mol. The van der Waals surface area contributed by atoms with Gasteiger partial charge < -0.3 is 10.2 Å². The fourth-order valence-electron chi connectivity index (χ4n) is 1.35. The smallest absolute Gasteiger partial charge is 0.336 e. The maximum absolute atomic E-state index is 10.9. The highest BCUT2D eigenvalue weighted by Crippen LogP contribution is 2.22. The molecular formula is C10H8O7S. The van der Waals surface area contributed by atoms with E-state index in [1.165, 1.54) is 0 Å². The minimum Gasteiger partial charge on any atom is -0.478 e. The zero-order valence-electron chi connectivity index (χ0n) is 8.82. The van der Waals surface area contributed by atoms with E-state index in [1.807, 2.05) is 0 Å². The third kappa shape index (κ3) is 2.55. The molecule has 0 saturated heterocycles. The van der Waals surface area contributed by atoms with E-state index in [-0.39, 0.29) is 5.56 Å². The molecule has 0 heterocycles. The Balaban J connectivity index is 3.81. The Morgan fingerprint density at radius 3 is 1.72 bits per heavy atom. The molecule has 7 nitrogen and oxygen atoms in total. The van der Waals surface area contributed by atoms with Gasteiger partial charge in [-0.3, -0.25) is 4.55 Å². The zero-order chi connectivity index (χ0) is 14.1. The van der Waals surface area contributed by atoms with Gasteiger partial charge in [0.1, 0.15) is 0 Å². The molecule has 0 aromatic heterocycles. The first-order valence-electron chi connectivity index (χ1n) is 4.43. The van der Waals surface area contributed by atoms with Crippen molar-refractivity contribution in [3.8, 4) is 0 Å². The molecule has 0 aliphatic heterocycles. The molecule has 1 aromatic rings. The lowest BCUT2D eigenvalue weighted by atomic mass is 10.0. The second-order valence-electron chi connectivity index (χ2n) is 3.22. The standard InChI is InChI=1S/C10H8O7S/c1-2-6-7(9(11)12)3-5(18(15,16)17)4-8(6)10(13)14/h2-4H,1H2,(H,11,12)(H,13,14)(H,15,16,17). The van der Waals surface area contributed by atoms with Crippen molar-refractivity contribution in [2.75, 3.05) is 0 Å². The Bertz CT molecular complexity index is 607. The van der Waals surface area contributed by atoms with Crippen LogP contribution in [0.4, 0.5) is 0 Å². The van der Waals surface area contributed by atoms with Gasteiger partial charge in [0.25, 0.3) is 10.1 Å². The van der Waals surface area contributed by atoms with E-state index in [4.69, 9.17) is 14.8 Å². The second-order valence-corrected chi connectivity index (χ2v) is 4.64. The molecule has 96 valence electrons. The summed E-state index contributed by atoms with van der Waals surface area (Å²) in [6.07, 6.45) is 0.987. The summed E-state index contributed by atoms with van der Waals surface area (Å²) in [5.74, 6) is -3.06. The van der Waals surface area contributed by atoms with E-state index in [1.54, 1.807) is 0 Å². The fraction of sp³-hybridized carbons (Fsp3) is 0. The van der Waals surface area contributed by atoms with E-state index in [0.717, 1.165) is 6.08 Å². The molecule has 0 aliphatic carbocycles. The monoisotopic (exact) mass is 272 g/mol. The highest BCUT2D eigenvalue weighted by molar-refractivity contribution is 7.85. The summed E-state index contributed by atoms with van der Waals surface area (Å²) in [7, 11) is -4.70. The minimum atomic E-state index is -4.70. The quantitative estimate of drug-likeness (QED) is 0.696. The number of hydrogen-bond donors (Lipinski definition) is 3. The van der Waals surface area contributed by atoms with Crippen molar-refractivity contribution in [3.63, 3.8) is 0 Å². The molecule has 1 aromatic carbocycles. The van der Waals surface area contributed by atoms with Crippen LogP contribution in [0.3, 0.4) is 0 Å². The van der Waals surface area contributed by atoms with Crippen LogP contribution in [0, 0.1) is 0 Å². The van der Waals surface area contributed by atoms with Gasteiger partial charge in [-0.2, -0.15) is 8.42 Å². The first kappa shape index (κ1) is 13.9. The van der Waals surface area contributed by atoms with Gasteiger partial charge in [-0.1, -0.05) is 12.7 Å². The van der Waals surface area contributed by atoms with Crippen LogP contribution < -0.4 is 0 Å². The number of aromatic carboxylic acids is 2. The maximum atomic E-state index is 10.9. The van der Waals surface area contributed by atoms with Crippen molar-refractivity contribution >= 4 is 28.1 Å². The van der Waals surface area contributed by atoms with Crippen LogP contribution in [-0.2, 0) is 10.1 Å². The average Bonchev–Trinajstić information content (AvgIpc) is 2.25. The van der Waals surface area contributed by atoms with E-state index >= 15 is 0 Å². The molecule has 0 unspecified atom stereocenters. The number of benzene rings is 1. The summed E-state index contributed by atoms with van der Waals surface area (Å²) in [5, 5.41) is 17.8. The summed E-state index contributed by atoms with van der Waals surface area (Å²) in [6, 6.07) is 1.34. The molecule has 0 radical (unpaired) electrons. The lowest BCUT2D eigenvalue weighted by Crippen LogP contribution is -2.11. The number of rotatable bonds is 4. The van der Waals surface area contributed by atoms with E-state index in [2.05, 4.69) is 6.58 Å². The minimum absolute atomic E-state index is 0.234. The molecule has 8 heteroatoms. The van der Waals surface area contributed by atoms with E-state index in [9.17, 15) is 18.0 Å². The first-order chi connectivity index (χ1) is 8.18. The van der Waals surface area contributed by atoms with Crippen LogP contribution in [0.25, 0.3) is 6.08 Å². The SMILES string of the molecule is C=Cc1c(C(=O)O)cc(S(=O)(=O)O)cc1C(=O)O. The van der Waals surface area contributed by atoms with Gasteiger partial charge in [0.15, 0.2) is 0 Å². The lowest BCUT2D eigenvalue weighted by molar-refractivity contribution is 0.0696. The molecule has 0 saturated carbocycles. The largest absolute Gasteiger partial charge is 0.478 e. The summed E-state index contributed by atoms with van der Waals surface area (Å²) >= 11 is 0. The lowest BCUT2D eigenvalue weighted by Gasteiger charge is -2.08. The van der Waals surface area contributed by atoms with E-state index in [0.29, 0.717) is 12.1 Å². The molecule has 18 heavy (non-hydrogen) atoms. The first-order valence-corrected chi connectivity index (χ1v) is 5.87. The van der Waals surface area contributed by atoms with E-state index < -0.39 is 38.1 Å². The molecule has 0 aliphatic rings. The second kappa shape index (κ2) is 4.59. The Kier molecular flexibility index (Phi) is 3.54. The van der Waals surface area contributed by atoms with Gasteiger partial charge in [0, 0.05) is 5.56 Å². The van der Waals surface area contributed by atoms with Gasteiger partial charge in [0.05, 0.1) is 16.0 Å². The van der Waals surface area contributed by atoms with Crippen molar-refractivity contribution in [1.29, 1.82) is 0 Å².